The van der Waals surface area contributed by atoms with Crippen LogP contribution in [0.2, 0.25) is 0 Å². The Morgan fingerprint density at radius 1 is 1.14 bits per heavy atom. The SMILES string of the molecule is COc1ccc(CCNC(=O)CCc2nnc(-c3cccc(F)c3)[nH]c2=O)cc1. The van der Waals surface area contributed by atoms with Crippen molar-refractivity contribution in [3.63, 3.8) is 0 Å². The van der Waals surface area contributed by atoms with Gasteiger partial charge in [-0.05, 0) is 36.2 Å². The van der Waals surface area contributed by atoms with Crippen LogP contribution in [0.25, 0.3) is 11.4 Å². The molecule has 7 nitrogen and oxygen atoms in total. The summed E-state index contributed by atoms with van der Waals surface area (Å²) in [6.07, 6.45) is 0.984. The largest absolute Gasteiger partial charge is 0.497 e. The Labute approximate surface area is 167 Å². The monoisotopic (exact) mass is 396 g/mol. The predicted molar refractivity (Wildman–Crippen MR) is 106 cm³/mol. The molecule has 0 spiro atoms. The number of amides is 1. The number of nitrogens with zero attached hydrogens (tertiary/aromatic N) is 2. The number of nitrogens with one attached hydrogen (secondary N) is 2. The number of aromatic amines is 1. The van der Waals surface area contributed by atoms with Crippen molar-refractivity contribution >= 4 is 5.91 Å². The summed E-state index contributed by atoms with van der Waals surface area (Å²) >= 11 is 0. The van der Waals surface area contributed by atoms with Crippen LogP contribution < -0.4 is 15.6 Å². The normalized spacial score (nSPS) is 10.6. The van der Waals surface area contributed by atoms with Gasteiger partial charge in [0.1, 0.15) is 17.3 Å². The lowest BCUT2D eigenvalue weighted by atomic mass is 10.1. The number of methoxy groups -OCH3 is 1. The van der Waals surface area contributed by atoms with Crippen LogP contribution >= 0.6 is 0 Å². The van der Waals surface area contributed by atoms with Crippen LogP contribution in [0.1, 0.15) is 17.7 Å². The summed E-state index contributed by atoms with van der Waals surface area (Å²) in [6, 6.07) is 13.3. The highest BCUT2D eigenvalue weighted by molar-refractivity contribution is 5.76. The minimum atomic E-state index is -0.440. The van der Waals surface area contributed by atoms with Gasteiger partial charge in [-0.15, -0.1) is 10.2 Å². The fourth-order valence-electron chi connectivity index (χ4n) is 2.75. The third-order valence-electron chi connectivity index (χ3n) is 4.35. The van der Waals surface area contributed by atoms with Gasteiger partial charge in [0.15, 0.2) is 5.82 Å². The van der Waals surface area contributed by atoms with Gasteiger partial charge >= 0.3 is 0 Å². The molecule has 0 bridgehead atoms. The zero-order valence-corrected chi connectivity index (χ0v) is 15.9. The fraction of sp³-hybridized carbons (Fsp3) is 0.238. The van der Waals surface area contributed by atoms with Crippen LogP contribution in [0, 0.1) is 5.82 Å². The molecular weight excluding hydrogens is 375 g/mol. The highest BCUT2D eigenvalue weighted by Gasteiger charge is 2.10. The van der Waals surface area contributed by atoms with Crippen molar-refractivity contribution in [2.75, 3.05) is 13.7 Å². The molecule has 0 aliphatic rings. The van der Waals surface area contributed by atoms with Gasteiger partial charge in [0.05, 0.1) is 7.11 Å². The molecule has 0 radical (unpaired) electrons. The number of benzene rings is 2. The van der Waals surface area contributed by atoms with E-state index in [1.807, 2.05) is 24.3 Å². The molecule has 0 saturated carbocycles. The second-order valence-electron chi connectivity index (χ2n) is 6.41. The van der Waals surface area contributed by atoms with Gasteiger partial charge in [-0.3, -0.25) is 9.59 Å². The summed E-state index contributed by atoms with van der Waals surface area (Å²) in [6.45, 7) is 0.492. The number of aryl methyl sites for hydroxylation is 1. The zero-order valence-electron chi connectivity index (χ0n) is 15.9. The molecule has 2 aromatic carbocycles. The van der Waals surface area contributed by atoms with E-state index < -0.39 is 11.4 Å². The van der Waals surface area contributed by atoms with E-state index >= 15 is 0 Å². The van der Waals surface area contributed by atoms with Gasteiger partial charge in [-0.25, -0.2) is 4.39 Å². The zero-order chi connectivity index (χ0) is 20.6. The first-order chi connectivity index (χ1) is 14.0. The summed E-state index contributed by atoms with van der Waals surface area (Å²) in [7, 11) is 1.61. The van der Waals surface area contributed by atoms with Crippen LogP contribution in [-0.4, -0.2) is 34.7 Å². The van der Waals surface area contributed by atoms with Crippen molar-refractivity contribution in [2.45, 2.75) is 19.3 Å². The van der Waals surface area contributed by atoms with Crippen LogP contribution in [0.3, 0.4) is 0 Å². The third-order valence-corrected chi connectivity index (χ3v) is 4.35. The lowest BCUT2D eigenvalue weighted by Crippen LogP contribution is -2.27. The van der Waals surface area contributed by atoms with E-state index in [1.165, 1.54) is 18.2 Å². The summed E-state index contributed by atoms with van der Waals surface area (Å²) < 4.78 is 18.4. The van der Waals surface area contributed by atoms with E-state index in [0.717, 1.165) is 11.3 Å². The molecule has 2 N–H and O–H groups in total. The fourth-order valence-corrected chi connectivity index (χ4v) is 2.75. The highest BCUT2D eigenvalue weighted by Crippen LogP contribution is 2.14. The summed E-state index contributed by atoms with van der Waals surface area (Å²) in [5.41, 5.74) is 1.24. The van der Waals surface area contributed by atoms with Crippen LogP contribution in [0.5, 0.6) is 5.75 Å². The first-order valence-electron chi connectivity index (χ1n) is 9.16. The molecule has 3 rings (SSSR count). The number of hydrogen-bond acceptors (Lipinski definition) is 5. The van der Waals surface area contributed by atoms with E-state index in [2.05, 4.69) is 20.5 Å². The molecule has 150 valence electrons. The van der Waals surface area contributed by atoms with Crippen molar-refractivity contribution in [3.05, 3.63) is 76.0 Å². The quantitative estimate of drug-likeness (QED) is 0.609. The number of H-pyrrole nitrogens is 1. The average Bonchev–Trinajstić information content (AvgIpc) is 2.73. The molecule has 8 heteroatoms. The molecule has 0 saturated heterocycles. The summed E-state index contributed by atoms with van der Waals surface area (Å²) in [5.74, 6) is 0.365. The summed E-state index contributed by atoms with van der Waals surface area (Å²) in [4.78, 5) is 26.8. The van der Waals surface area contributed by atoms with Gasteiger partial charge in [0.2, 0.25) is 5.91 Å². The minimum Gasteiger partial charge on any atom is -0.497 e. The molecule has 0 fully saturated rings. The second-order valence-corrected chi connectivity index (χ2v) is 6.41. The Bertz CT molecular complexity index is 1030. The topological polar surface area (TPSA) is 97.0 Å². The maximum absolute atomic E-state index is 13.3. The first-order valence-corrected chi connectivity index (χ1v) is 9.16. The van der Waals surface area contributed by atoms with E-state index in [0.29, 0.717) is 18.5 Å². The van der Waals surface area contributed by atoms with Gasteiger partial charge in [0, 0.05) is 24.9 Å². The average molecular weight is 396 g/mol. The molecule has 1 aromatic heterocycles. The van der Waals surface area contributed by atoms with E-state index in [9.17, 15) is 14.0 Å². The van der Waals surface area contributed by atoms with Crippen LogP contribution in [0.15, 0.2) is 53.3 Å². The third kappa shape index (κ3) is 5.71. The number of hydrogen-bond donors (Lipinski definition) is 2. The predicted octanol–water partition coefficient (Wildman–Crippen LogP) is 2.27. The van der Waals surface area contributed by atoms with Crippen LogP contribution in [0.4, 0.5) is 4.39 Å². The van der Waals surface area contributed by atoms with E-state index in [1.54, 1.807) is 13.2 Å². The molecule has 29 heavy (non-hydrogen) atoms. The first kappa shape index (κ1) is 20.2. The van der Waals surface area contributed by atoms with Gasteiger partial charge in [-0.1, -0.05) is 24.3 Å². The molecule has 0 unspecified atom stereocenters. The molecule has 1 amide bonds. The van der Waals surface area contributed by atoms with Crippen molar-refractivity contribution in [1.29, 1.82) is 0 Å². The van der Waals surface area contributed by atoms with E-state index in [-0.39, 0.29) is 30.3 Å². The number of carbonyl (C=O) groups excluding carboxylic acids is 1. The Kier molecular flexibility index (Phi) is 6.67. The van der Waals surface area contributed by atoms with Gasteiger partial charge < -0.3 is 15.0 Å². The molecule has 0 aliphatic carbocycles. The molecule has 0 aliphatic heterocycles. The Morgan fingerprint density at radius 2 is 1.93 bits per heavy atom. The standard InChI is InChI=1S/C21H21FN4O3/c1-29-17-7-5-14(6-8-17)11-12-23-19(27)10-9-18-21(28)24-20(26-25-18)15-3-2-4-16(22)13-15/h2-8,13H,9-12H2,1H3,(H,23,27)(H,24,26,28). The maximum atomic E-state index is 13.3. The Balaban J connectivity index is 1.49. The van der Waals surface area contributed by atoms with Crippen molar-refractivity contribution in [3.8, 4) is 17.1 Å². The van der Waals surface area contributed by atoms with Crippen LogP contribution in [-0.2, 0) is 17.6 Å². The lowest BCUT2D eigenvalue weighted by Gasteiger charge is -2.06. The number of aromatic nitrogens is 3. The molecular formula is C21H21FN4O3. The number of ether oxygens (including phenoxy) is 1. The number of halogens is 1. The minimum absolute atomic E-state index is 0.125. The molecule has 1 heterocycles. The van der Waals surface area contributed by atoms with Crippen molar-refractivity contribution in [1.82, 2.24) is 20.5 Å². The number of rotatable bonds is 8. The van der Waals surface area contributed by atoms with Crippen molar-refractivity contribution in [2.24, 2.45) is 0 Å². The van der Waals surface area contributed by atoms with Gasteiger partial charge in [0.25, 0.3) is 5.56 Å². The highest BCUT2D eigenvalue weighted by atomic mass is 19.1. The molecule has 3 aromatic rings. The number of carbonyl (C=O) groups is 1. The second kappa shape index (κ2) is 9.59. The summed E-state index contributed by atoms with van der Waals surface area (Å²) in [5, 5.41) is 10.6. The Morgan fingerprint density at radius 3 is 2.62 bits per heavy atom. The smallest absolute Gasteiger partial charge is 0.273 e. The molecule has 0 atom stereocenters. The maximum Gasteiger partial charge on any atom is 0.273 e. The Hall–Kier alpha value is -3.55. The van der Waals surface area contributed by atoms with Gasteiger partial charge in [-0.2, -0.15) is 0 Å². The van der Waals surface area contributed by atoms with E-state index in [4.69, 9.17) is 4.74 Å². The van der Waals surface area contributed by atoms with Crippen molar-refractivity contribution < 1.29 is 13.9 Å². The lowest BCUT2D eigenvalue weighted by molar-refractivity contribution is -0.121.